The third-order valence-electron chi connectivity index (χ3n) is 5.76. The van der Waals surface area contributed by atoms with Crippen LogP contribution in [-0.4, -0.2) is 11.1 Å². The van der Waals surface area contributed by atoms with Gasteiger partial charge in [-0.1, -0.05) is 43.3 Å². The molecule has 154 valence electrons. The van der Waals surface area contributed by atoms with E-state index >= 15 is 0 Å². The van der Waals surface area contributed by atoms with E-state index in [1.54, 1.807) is 0 Å². The van der Waals surface area contributed by atoms with Gasteiger partial charge in [0.15, 0.2) is 0 Å². The van der Waals surface area contributed by atoms with Gasteiger partial charge in [-0.3, -0.25) is 4.79 Å². The quantitative estimate of drug-likeness (QED) is 0.487. The van der Waals surface area contributed by atoms with Gasteiger partial charge in [0, 0.05) is 0 Å². The second-order valence-electron chi connectivity index (χ2n) is 7.71. The van der Waals surface area contributed by atoms with Crippen molar-refractivity contribution < 1.29 is 19.4 Å². The number of hydrogen-bond donors (Lipinski definition) is 1. The highest BCUT2D eigenvalue weighted by atomic mass is 16.5. The lowest BCUT2D eigenvalue weighted by Crippen LogP contribution is -2.19. The summed E-state index contributed by atoms with van der Waals surface area (Å²) in [5, 5.41) is 9.50. The van der Waals surface area contributed by atoms with Gasteiger partial charge in [-0.25, -0.2) is 0 Å². The maximum atomic E-state index is 11.6. The first-order valence-corrected chi connectivity index (χ1v) is 10.4. The van der Waals surface area contributed by atoms with Crippen molar-refractivity contribution in [2.24, 2.45) is 5.92 Å². The van der Waals surface area contributed by atoms with E-state index in [0.29, 0.717) is 13.0 Å². The number of carboxylic acid groups (broad SMARTS) is 1. The normalized spacial score (nSPS) is 16.0. The smallest absolute Gasteiger partial charge is 0.307 e. The second kappa shape index (κ2) is 9.04. The van der Waals surface area contributed by atoms with E-state index in [0.717, 1.165) is 41.2 Å². The van der Waals surface area contributed by atoms with Crippen molar-refractivity contribution in [3.8, 4) is 17.2 Å². The van der Waals surface area contributed by atoms with Crippen LogP contribution in [0.5, 0.6) is 17.2 Å². The lowest BCUT2D eigenvalue weighted by atomic mass is 9.85. The van der Waals surface area contributed by atoms with E-state index in [9.17, 15) is 9.90 Å². The molecule has 4 heteroatoms. The molecule has 0 radical (unpaired) electrons. The average molecular weight is 402 g/mol. The molecule has 3 aromatic rings. The molecule has 4 nitrogen and oxygen atoms in total. The minimum Gasteiger partial charge on any atom is -0.489 e. The highest BCUT2D eigenvalue weighted by Crippen LogP contribution is 2.41. The molecule has 0 heterocycles. The molecule has 0 aromatic heterocycles. The zero-order valence-corrected chi connectivity index (χ0v) is 17.1. The zero-order valence-electron chi connectivity index (χ0n) is 17.1. The SMILES string of the molecule is CCC(C(=O)O)C1CCc2cc(OCc3cccc(Oc4ccccc4)c3)ccc21. The van der Waals surface area contributed by atoms with E-state index in [1.807, 2.05) is 73.7 Å². The molecule has 0 fully saturated rings. The van der Waals surface area contributed by atoms with Crippen molar-refractivity contribution in [2.45, 2.75) is 38.7 Å². The Kier molecular flexibility index (Phi) is 6.03. The van der Waals surface area contributed by atoms with Crippen molar-refractivity contribution in [2.75, 3.05) is 0 Å². The maximum absolute atomic E-state index is 11.6. The zero-order chi connectivity index (χ0) is 20.9. The Morgan fingerprint density at radius 2 is 1.80 bits per heavy atom. The lowest BCUT2D eigenvalue weighted by Gasteiger charge is -2.19. The molecule has 0 spiro atoms. The first kappa shape index (κ1) is 20.0. The molecular formula is C26H26O4. The van der Waals surface area contributed by atoms with Gasteiger partial charge in [-0.2, -0.15) is 0 Å². The van der Waals surface area contributed by atoms with Crippen LogP contribution in [0.3, 0.4) is 0 Å². The summed E-state index contributed by atoms with van der Waals surface area (Å²) < 4.78 is 11.9. The Morgan fingerprint density at radius 1 is 1.00 bits per heavy atom. The van der Waals surface area contributed by atoms with Crippen LogP contribution in [0.4, 0.5) is 0 Å². The van der Waals surface area contributed by atoms with Gasteiger partial charge in [-0.15, -0.1) is 0 Å². The first-order chi connectivity index (χ1) is 14.6. The minimum atomic E-state index is -0.701. The summed E-state index contributed by atoms with van der Waals surface area (Å²) in [7, 11) is 0. The van der Waals surface area contributed by atoms with E-state index in [-0.39, 0.29) is 11.8 Å². The van der Waals surface area contributed by atoms with Gasteiger partial charge < -0.3 is 14.6 Å². The number of carbonyl (C=O) groups is 1. The Morgan fingerprint density at radius 3 is 2.57 bits per heavy atom. The van der Waals surface area contributed by atoms with E-state index < -0.39 is 5.97 Å². The van der Waals surface area contributed by atoms with Crippen molar-refractivity contribution in [1.82, 2.24) is 0 Å². The molecule has 0 saturated carbocycles. The average Bonchev–Trinajstić information content (AvgIpc) is 3.16. The molecule has 1 N–H and O–H groups in total. The number of rotatable bonds is 8. The third kappa shape index (κ3) is 4.48. The van der Waals surface area contributed by atoms with Crippen LogP contribution in [0.25, 0.3) is 0 Å². The molecule has 0 amide bonds. The fourth-order valence-electron chi connectivity index (χ4n) is 4.26. The molecular weight excluding hydrogens is 376 g/mol. The van der Waals surface area contributed by atoms with Crippen LogP contribution in [0, 0.1) is 5.92 Å². The van der Waals surface area contributed by atoms with Crippen molar-refractivity contribution >= 4 is 5.97 Å². The van der Waals surface area contributed by atoms with E-state index in [4.69, 9.17) is 9.47 Å². The number of benzene rings is 3. The number of carboxylic acids is 1. The van der Waals surface area contributed by atoms with Crippen LogP contribution in [0.2, 0.25) is 0 Å². The van der Waals surface area contributed by atoms with Crippen LogP contribution >= 0.6 is 0 Å². The number of fused-ring (bicyclic) bond motifs is 1. The summed E-state index contributed by atoms with van der Waals surface area (Å²) in [5.41, 5.74) is 3.40. The van der Waals surface area contributed by atoms with Crippen LogP contribution in [-0.2, 0) is 17.8 Å². The number of aliphatic carboxylic acids is 1. The summed E-state index contributed by atoms with van der Waals surface area (Å²) in [5.74, 6) is 1.48. The molecule has 1 aliphatic carbocycles. The van der Waals surface area contributed by atoms with Gasteiger partial charge in [0.25, 0.3) is 0 Å². The summed E-state index contributed by atoms with van der Waals surface area (Å²) in [4.78, 5) is 11.6. The molecule has 2 atom stereocenters. The minimum absolute atomic E-state index is 0.100. The summed E-state index contributed by atoms with van der Waals surface area (Å²) >= 11 is 0. The summed E-state index contributed by atoms with van der Waals surface area (Å²) in [6.07, 6.45) is 2.45. The fourth-order valence-corrected chi connectivity index (χ4v) is 4.26. The van der Waals surface area contributed by atoms with Gasteiger partial charge in [-0.05, 0) is 78.3 Å². The van der Waals surface area contributed by atoms with Crippen LogP contribution < -0.4 is 9.47 Å². The van der Waals surface area contributed by atoms with E-state index in [1.165, 1.54) is 5.56 Å². The van der Waals surface area contributed by atoms with Gasteiger partial charge in [0.05, 0.1) is 5.92 Å². The van der Waals surface area contributed by atoms with Gasteiger partial charge >= 0.3 is 5.97 Å². The first-order valence-electron chi connectivity index (χ1n) is 10.4. The number of hydrogen-bond acceptors (Lipinski definition) is 3. The Bertz CT molecular complexity index is 1010. The number of para-hydroxylation sites is 1. The molecule has 0 saturated heterocycles. The monoisotopic (exact) mass is 402 g/mol. The Hall–Kier alpha value is -3.27. The van der Waals surface area contributed by atoms with Crippen LogP contribution in [0.1, 0.15) is 42.4 Å². The molecule has 0 aliphatic heterocycles. The molecule has 30 heavy (non-hydrogen) atoms. The molecule has 3 aromatic carbocycles. The van der Waals surface area contributed by atoms with Crippen molar-refractivity contribution in [1.29, 1.82) is 0 Å². The predicted octanol–water partition coefficient (Wildman–Crippen LogP) is 6.20. The predicted molar refractivity (Wildman–Crippen MR) is 116 cm³/mol. The highest BCUT2D eigenvalue weighted by Gasteiger charge is 2.33. The van der Waals surface area contributed by atoms with Crippen molar-refractivity contribution in [3.05, 3.63) is 89.5 Å². The van der Waals surface area contributed by atoms with Gasteiger partial charge in [0.2, 0.25) is 0 Å². The van der Waals surface area contributed by atoms with Gasteiger partial charge in [0.1, 0.15) is 23.9 Å². The summed E-state index contributed by atoms with van der Waals surface area (Å²) in [6.45, 7) is 2.39. The molecule has 0 bridgehead atoms. The number of aryl methyl sites for hydroxylation is 1. The fraction of sp³-hybridized carbons (Fsp3) is 0.269. The van der Waals surface area contributed by atoms with Crippen molar-refractivity contribution in [3.63, 3.8) is 0 Å². The number of ether oxygens (including phenoxy) is 2. The highest BCUT2D eigenvalue weighted by molar-refractivity contribution is 5.72. The molecule has 1 aliphatic rings. The molecule has 4 rings (SSSR count). The third-order valence-corrected chi connectivity index (χ3v) is 5.76. The second-order valence-corrected chi connectivity index (χ2v) is 7.71. The molecule has 2 unspecified atom stereocenters. The maximum Gasteiger partial charge on any atom is 0.307 e. The van der Waals surface area contributed by atoms with Crippen LogP contribution in [0.15, 0.2) is 72.8 Å². The largest absolute Gasteiger partial charge is 0.489 e. The topological polar surface area (TPSA) is 55.8 Å². The standard InChI is InChI=1S/C26H26O4/c1-2-23(26(27)28)25-13-11-19-16-21(12-14-24(19)25)29-17-18-7-6-10-22(15-18)30-20-8-4-3-5-9-20/h3-10,12,14-16,23,25H,2,11,13,17H2,1H3,(H,27,28). The van der Waals surface area contributed by atoms with E-state index in [2.05, 4.69) is 6.07 Å². The summed E-state index contributed by atoms with van der Waals surface area (Å²) in [6, 6.07) is 23.6. The lowest BCUT2D eigenvalue weighted by molar-refractivity contribution is -0.142. The Balaban J connectivity index is 1.42. The Labute approximate surface area is 177 Å².